The molecule has 106 valence electrons. The number of ether oxygens (including phenoxy) is 1. The molecule has 2 N–H and O–H groups in total. The van der Waals surface area contributed by atoms with Gasteiger partial charge >= 0.3 is 5.97 Å². The molecule has 1 aromatic carbocycles. The zero-order valence-corrected chi connectivity index (χ0v) is 12.3. The molecule has 0 aliphatic rings. The maximum absolute atomic E-state index is 11.0. The minimum absolute atomic E-state index is 0.0293. The first kappa shape index (κ1) is 14.3. The van der Waals surface area contributed by atoms with Crippen LogP contribution in [0.15, 0.2) is 24.3 Å². The number of aromatic nitrogens is 1. The molecule has 2 aromatic rings. The van der Waals surface area contributed by atoms with Crippen LogP contribution in [0.3, 0.4) is 0 Å². The Hall–Kier alpha value is -2.08. The van der Waals surface area contributed by atoms with E-state index in [4.69, 9.17) is 9.84 Å². The summed E-state index contributed by atoms with van der Waals surface area (Å²) >= 11 is 1.14. The summed E-state index contributed by atoms with van der Waals surface area (Å²) in [6.07, 6.45) is 0. The number of aromatic carboxylic acids is 1. The monoisotopic (exact) mass is 292 g/mol. The molecule has 1 aromatic heterocycles. The third kappa shape index (κ3) is 2.91. The average molecular weight is 292 g/mol. The largest absolute Gasteiger partial charge is 0.496 e. The Labute approximate surface area is 121 Å². The van der Waals surface area contributed by atoms with Crippen LogP contribution in [0.25, 0.3) is 0 Å². The number of carbonyl (C=O) groups is 1. The third-order valence-corrected chi connectivity index (χ3v) is 4.01. The number of benzene rings is 1. The highest BCUT2D eigenvalue weighted by Crippen LogP contribution is 2.30. The lowest BCUT2D eigenvalue weighted by molar-refractivity contribution is 0.0701. The van der Waals surface area contributed by atoms with E-state index in [2.05, 4.69) is 10.3 Å². The van der Waals surface area contributed by atoms with Gasteiger partial charge in [-0.05, 0) is 19.9 Å². The molecule has 2 rings (SSSR count). The number of hydrogen-bond donors (Lipinski definition) is 2. The highest BCUT2D eigenvalue weighted by molar-refractivity contribution is 7.17. The summed E-state index contributed by atoms with van der Waals surface area (Å²) < 4.78 is 5.32. The smallest absolute Gasteiger partial charge is 0.347 e. The van der Waals surface area contributed by atoms with Gasteiger partial charge in [0.2, 0.25) is 0 Å². The van der Waals surface area contributed by atoms with Gasteiger partial charge in [0.25, 0.3) is 0 Å². The maximum atomic E-state index is 11.0. The van der Waals surface area contributed by atoms with Crippen molar-refractivity contribution < 1.29 is 14.6 Å². The second-order valence-corrected chi connectivity index (χ2v) is 5.35. The number of carboxylic acid groups (broad SMARTS) is 1. The molecule has 0 amide bonds. The molecule has 1 atom stereocenters. The summed E-state index contributed by atoms with van der Waals surface area (Å²) in [5.41, 5.74) is 1.52. The van der Waals surface area contributed by atoms with Crippen LogP contribution in [-0.2, 0) is 0 Å². The van der Waals surface area contributed by atoms with E-state index in [1.807, 2.05) is 31.2 Å². The number of thiazole rings is 1. The summed E-state index contributed by atoms with van der Waals surface area (Å²) in [5.74, 6) is -0.155. The lowest BCUT2D eigenvalue weighted by Gasteiger charge is -2.16. The predicted molar refractivity (Wildman–Crippen MR) is 78.8 cm³/mol. The van der Waals surface area contributed by atoms with Gasteiger partial charge in [-0.15, -0.1) is 0 Å². The van der Waals surface area contributed by atoms with Crippen molar-refractivity contribution in [1.82, 2.24) is 4.98 Å². The molecule has 0 fully saturated rings. The van der Waals surface area contributed by atoms with E-state index in [1.165, 1.54) is 0 Å². The third-order valence-electron chi connectivity index (χ3n) is 2.94. The molecule has 6 heteroatoms. The van der Waals surface area contributed by atoms with Crippen LogP contribution in [0.2, 0.25) is 0 Å². The van der Waals surface area contributed by atoms with E-state index in [9.17, 15) is 4.79 Å². The molecule has 1 heterocycles. The number of carboxylic acids is 1. The van der Waals surface area contributed by atoms with Crippen molar-refractivity contribution in [2.45, 2.75) is 19.9 Å². The number of nitrogens with zero attached hydrogens (tertiary/aromatic N) is 1. The van der Waals surface area contributed by atoms with Crippen LogP contribution in [0, 0.1) is 6.92 Å². The Morgan fingerprint density at radius 1 is 1.45 bits per heavy atom. The summed E-state index contributed by atoms with van der Waals surface area (Å²) in [6.45, 7) is 3.67. The molecule has 20 heavy (non-hydrogen) atoms. The van der Waals surface area contributed by atoms with Crippen molar-refractivity contribution in [3.63, 3.8) is 0 Å². The number of aryl methyl sites for hydroxylation is 1. The molecule has 5 nitrogen and oxygen atoms in total. The maximum Gasteiger partial charge on any atom is 0.347 e. The van der Waals surface area contributed by atoms with Crippen LogP contribution in [0.5, 0.6) is 5.75 Å². The zero-order chi connectivity index (χ0) is 14.7. The van der Waals surface area contributed by atoms with Crippen LogP contribution < -0.4 is 10.1 Å². The van der Waals surface area contributed by atoms with E-state index in [0.717, 1.165) is 22.6 Å². The Balaban J connectivity index is 2.21. The zero-order valence-electron chi connectivity index (χ0n) is 11.5. The molecule has 0 unspecified atom stereocenters. The average Bonchev–Trinajstić information content (AvgIpc) is 2.79. The van der Waals surface area contributed by atoms with Gasteiger partial charge < -0.3 is 15.2 Å². The number of rotatable bonds is 5. The van der Waals surface area contributed by atoms with Crippen molar-refractivity contribution in [3.8, 4) is 5.75 Å². The number of para-hydroxylation sites is 1. The molecule has 0 saturated heterocycles. The first-order valence-electron chi connectivity index (χ1n) is 6.13. The van der Waals surface area contributed by atoms with E-state index in [0.29, 0.717) is 10.8 Å². The Morgan fingerprint density at radius 3 is 2.75 bits per heavy atom. The van der Waals surface area contributed by atoms with E-state index < -0.39 is 5.97 Å². The Bertz CT molecular complexity index is 625. The van der Waals surface area contributed by atoms with Gasteiger partial charge in [0.05, 0.1) is 18.8 Å². The number of anilines is 1. The van der Waals surface area contributed by atoms with E-state index in [1.54, 1.807) is 14.0 Å². The molecule has 0 radical (unpaired) electrons. The van der Waals surface area contributed by atoms with Gasteiger partial charge in [-0.2, -0.15) is 0 Å². The molecule has 0 bridgehead atoms. The van der Waals surface area contributed by atoms with Crippen molar-refractivity contribution in [2.24, 2.45) is 0 Å². The Kier molecular flexibility index (Phi) is 4.24. The minimum Gasteiger partial charge on any atom is -0.496 e. The van der Waals surface area contributed by atoms with Crippen LogP contribution in [0.1, 0.15) is 33.9 Å². The number of hydrogen-bond acceptors (Lipinski definition) is 5. The molecule has 0 spiro atoms. The fraction of sp³-hybridized carbons (Fsp3) is 0.286. The highest BCUT2D eigenvalue weighted by Gasteiger charge is 2.17. The molecule has 0 aliphatic carbocycles. The predicted octanol–water partition coefficient (Wildman–Crippen LogP) is 3.33. The SMILES string of the molecule is COc1ccccc1[C@H](C)Nc1nc(C)c(C(=O)O)s1. The van der Waals surface area contributed by atoms with Gasteiger partial charge in [-0.3, -0.25) is 0 Å². The molecular weight excluding hydrogens is 276 g/mol. The van der Waals surface area contributed by atoms with Gasteiger partial charge in [0, 0.05) is 5.56 Å². The summed E-state index contributed by atoms with van der Waals surface area (Å²) in [6, 6.07) is 7.67. The van der Waals surface area contributed by atoms with Gasteiger partial charge in [-0.25, -0.2) is 9.78 Å². The lowest BCUT2D eigenvalue weighted by atomic mass is 10.1. The quantitative estimate of drug-likeness (QED) is 0.884. The standard InChI is InChI=1S/C14H16N2O3S/c1-8(10-6-4-5-7-11(10)19-3)15-14-16-9(2)12(20-14)13(17)18/h4-8H,1-3H3,(H,15,16)(H,17,18)/t8-/m0/s1. The van der Waals surface area contributed by atoms with Crippen LogP contribution >= 0.6 is 11.3 Å². The summed E-state index contributed by atoms with van der Waals surface area (Å²) in [5, 5.41) is 12.8. The lowest BCUT2D eigenvalue weighted by Crippen LogP contribution is -2.07. The van der Waals surface area contributed by atoms with Crippen molar-refractivity contribution in [1.29, 1.82) is 0 Å². The normalized spacial score (nSPS) is 11.9. The summed E-state index contributed by atoms with van der Waals surface area (Å²) in [4.78, 5) is 15.5. The van der Waals surface area contributed by atoms with Gasteiger partial charge in [0.1, 0.15) is 10.6 Å². The fourth-order valence-electron chi connectivity index (χ4n) is 1.94. The van der Waals surface area contributed by atoms with Crippen LogP contribution in [0.4, 0.5) is 5.13 Å². The van der Waals surface area contributed by atoms with E-state index >= 15 is 0 Å². The molecular formula is C14H16N2O3S. The highest BCUT2D eigenvalue weighted by atomic mass is 32.1. The second kappa shape index (κ2) is 5.92. The fourth-order valence-corrected chi connectivity index (χ4v) is 2.84. The molecule has 0 saturated carbocycles. The Morgan fingerprint density at radius 2 is 2.15 bits per heavy atom. The first-order valence-corrected chi connectivity index (χ1v) is 6.94. The van der Waals surface area contributed by atoms with Gasteiger partial charge in [-0.1, -0.05) is 29.5 Å². The van der Waals surface area contributed by atoms with E-state index in [-0.39, 0.29) is 10.9 Å². The van der Waals surface area contributed by atoms with Crippen molar-refractivity contribution >= 4 is 22.4 Å². The number of methoxy groups -OCH3 is 1. The second-order valence-electron chi connectivity index (χ2n) is 4.35. The summed E-state index contributed by atoms with van der Waals surface area (Å²) in [7, 11) is 1.63. The topological polar surface area (TPSA) is 71.5 Å². The number of nitrogens with one attached hydrogen (secondary N) is 1. The van der Waals surface area contributed by atoms with Crippen molar-refractivity contribution in [3.05, 3.63) is 40.4 Å². The minimum atomic E-state index is -0.946. The van der Waals surface area contributed by atoms with Crippen molar-refractivity contribution in [2.75, 3.05) is 12.4 Å². The van der Waals surface area contributed by atoms with Gasteiger partial charge in [0.15, 0.2) is 5.13 Å². The van der Waals surface area contributed by atoms with Crippen LogP contribution in [-0.4, -0.2) is 23.2 Å². The first-order chi connectivity index (χ1) is 9.52. The molecule has 0 aliphatic heterocycles.